The van der Waals surface area contributed by atoms with E-state index in [4.69, 9.17) is 71.1 Å². The van der Waals surface area contributed by atoms with Gasteiger partial charge < -0.3 is 91.5 Å². The molecule has 0 unspecified atom stereocenters. The van der Waals surface area contributed by atoms with Crippen LogP contribution in [-0.2, 0) is 80.6 Å². The van der Waals surface area contributed by atoms with E-state index in [-0.39, 0.29) is 59.2 Å². The molecule has 5 saturated heterocycles. The van der Waals surface area contributed by atoms with Crippen LogP contribution in [0.2, 0.25) is 0 Å². The van der Waals surface area contributed by atoms with Crippen LogP contribution in [0, 0.1) is 40.4 Å². The molecule has 9 fully saturated rings. The minimum atomic E-state index is -1.59. The zero-order valence-corrected chi connectivity index (χ0v) is 48.1. The summed E-state index contributed by atoms with van der Waals surface area (Å²) in [7, 11) is 6.48. The molecule has 0 amide bonds. The highest BCUT2D eigenvalue weighted by molar-refractivity contribution is 5.91. The maximum absolute atomic E-state index is 14.2. The number of rotatable bonds is 17. The lowest BCUT2D eigenvalue weighted by atomic mass is 9.44. The van der Waals surface area contributed by atoms with Crippen LogP contribution in [0.5, 0.6) is 0 Å². The number of methoxy groups -OCH3 is 4. The number of hydrogen-bond donors (Lipinski definition) is 4. The van der Waals surface area contributed by atoms with Gasteiger partial charge in [-0.2, -0.15) is 0 Å². The standard InChI is InChI=1S/C57H94O21/c1-13-34-54(72-30(6)59)47(61)45-33-15-14-31-20-32(16-18-56(31,7)35(33)17-19-57(34,45)8)73-41-21-36(64-9)50(26(2)68-41)75-42-22-37(65-10)51(27(3)69-42)76-43-23-38(66-11)52(28(4)70-43)77-44-24-39(67-12)53(29(5)71-44)78-55-49(63)48(62)46(60)40(25-58)74-55/h26-29,31-46,48-55,58,60,62-63H,13-25H2,1-12H3/t26-,27-,28-,29-,31+,32+,33-,34-,35+,36+,37+,38-,39-,40-,41+,42+,43+,44+,45+,46-,48+,49-,50-,51-,52-,53-,54+,55+,56+,57-/m1/s1. The number of hydrogen-bond acceptors (Lipinski definition) is 21. The summed E-state index contributed by atoms with van der Waals surface area (Å²) in [5.41, 5.74) is -0.0248. The fourth-order valence-electron chi connectivity index (χ4n) is 16.4. The normalized spacial score (nSPS) is 51.8. The zero-order chi connectivity index (χ0) is 56.1. The molecule has 0 radical (unpaired) electrons. The Labute approximate surface area is 460 Å². The van der Waals surface area contributed by atoms with E-state index in [2.05, 4.69) is 20.8 Å². The van der Waals surface area contributed by atoms with Crippen molar-refractivity contribution in [1.29, 1.82) is 0 Å². The van der Waals surface area contributed by atoms with Gasteiger partial charge >= 0.3 is 5.97 Å². The number of Topliss-reactive ketones (excluding diaryl/α,β-unsaturated/α-hetero) is 1. The van der Waals surface area contributed by atoms with Crippen molar-refractivity contribution in [2.24, 2.45) is 40.4 Å². The number of aliphatic hydroxyl groups is 4. The molecule has 4 aliphatic carbocycles. The van der Waals surface area contributed by atoms with E-state index in [1.54, 1.807) is 28.3 Å². The Morgan fingerprint density at radius 3 is 1.50 bits per heavy atom. The van der Waals surface area contributed by atoms with Gasteiger partial charge in [-0.3, -0.25) is 9.59 Å². The zero-order valence-electron chi connectivity index (χ0n) is 48.1. The van der Waals surface area contributed by atoms with Crippen LogP contribution in [0.4, 0.5) is 0 Å². The highest BCUT2D eigenvalue weighted by Gasteiger charge is 2.66. The highest BCUT2D eigenvalue weighted by atomic mass is 16.8. The predicted octanol–water partition coefficient (Wildman–Crippen LogP) is 4.10. The molecule has 9 aliphatic rings. The number of aliphatic hydroxyl groups excluding tert-OH is 4. The Morgan fingerprint density at radius 2 is 1.05 bits per heavy atom. The number of ketones is 1. The lowest BCUT2D eigenvalue weighted by Crippen LogP contribution is -2.62. The molecule has 0 spiro atoms. The molecule has 30 atom stereocenters. The first-order valence-corrected chi connectivity index (χ1v) is 29.2. The summed E-state index contributed by atoms with van der Waals surface area (Å²) in [4.78, 5) is 26.3. The first-order chi connectivity index (χ1) is 37.2. The number of ether oxygens (including phenoxy) is 15. The molecule has 448 valence electrons. The quantitative estimate of drug-likeness (QED) is 0.118. The largest absolute Gasteiger partial charge is 0.454 e. The van der Waals surface area contributed by atoms with Gasteiger partial charge in [0.1, 0.15) is 48.8 Å². The second kappa shape index (κ2) is 25.3. The van der Waals surface area contributed by atoms with E-state index in [9.17, 15) is 30.0 Å². The number of carbonyl (C=O) groups excluding carboxylic acids is 2. The van der Waals surface area contributed by atoms with Crippen LogP contribution in [0.25, 0.3) is 0 Å². The van der Waals surface area contributed by atoms with Crippen molar-refractivity contribution in [2.45, 2.75) is 274 Å². The fraction of sp³-hybridized carbons (Fsp3) is 0.965. The van der Waals surface area contributed by atoms with Gasteiger partial charge in [0.2, 0.25) is 0 Å². The van der Waals surface area contributed by atoms with Gasteiger partial charge in [-0.05, 0) is 108 Å². The molecular formula is C57H94O21. The van der Waals surface area contributed by atoms with E-state index in [0.717, 1.165) is 51.4 Å². The Bertz CT molecular complexity index is 1980. The smallest absolute Gasteiger partial charge is 0.303 e. The molecule has 21 heteroatoms. The Morgan fingerprint density at radius 1 is 0.590 bits per heavy atom. The molecule has 78 heavy (non-hydrogen) atoms. The van der Waals surface area contributed by atoms with Gasteiger partial charge in [-0.25, -0.2) is 0 Å². The molecule has 9 rings (SSSR count). The summed E-state index contributed by atoms with van der Waals surface area (Å²) in [5, 5.41) is 40.8. The molecular weight excluding hydrogens is 1020 g/mol. The predicted molar refractivity (Wildman–Crippen MR) is 274 cm³/mol. The minimum absolute atomic E-state index is 0.0486. The molecule has 0 aromatic heterocycles. The fourth-order valence-corrected chi connectivity index (χ4v) is 16.4. The second-order valence-corrected chi connectivity index (χ2v) is 24.8. The maximum Gasteiger partial charge on any atom is 0.303 e. The third-order valence-corrected chi connectivity index (χ3v) is 20.5. The Hall–Kier alpha value is -1.58. The summed E-state index contributed by atoms with van der Waals surface area (Å²) < 4.78 is 94.0. The number of fused-ring (bicyclic) bond motifs is 5. The van der Waals surface area contributed by atoms with Crippen molar-refractivity contribution < 1.29 is 101 Å². The molecule has 0 bridgehead atoms. The van der Waals surface area contributed by atoms with E-state index in [0.29, 0.717) is 37.0 Å². The summed E-state index contributed by atoms with van der Waals surface area (Å²) in [6.07, 6.45) is -6.81. The van der Waals surface area contributed by atoms with Crippen molar-refractivity contribution in [3.8, 4) is 0 Å². The molecule has 4 saturated carbocycles. The highest BCUT2D eigenvalue weighted by Crippen LogP contribution is 2.67. The van der Waals surface area contributed by atoms with E-state index in [1.807, 2.05) is 20.8 Å². The number of esters is 1. The molecule has 4 N–H and O–H groups in total. The minimum Gasteiger partial charge on any atom is -0.454 e. The lowest BCUT2D eigenvalue weighted by Gasteiger charge is -2.60. The average molecular weight is 1120 g/mol. The van der Waals surface area contributed by atoms with Crippen molar-refractivity contribution in [1.82, 2.24) is 0 Å². The third-order valence-electron chi connectivity index (χ3n) is 20.5. The first-order valence-electron chi connectivity index (χ1n) is 29.2. The summed E-state index contributed by atoms with van der Waals surface area (Å²) >= 11 is 0. The third kappa shape index (κ3) is 11.9. The topological polar surface area (TPSA) is 254 Å². The first kappa shape index (κ1) is 61.0. The van der Waals surface area contributed by atoms with Crippen molar-refractivity contribution in [3.05, 3.63) is 0 Å². The SMILES string of the molecule is CC[C@@H]1[C@H](OC(C)=O)C(=O)[C@@H]2[C@@H]3CC[C@H]4C[C@@H](O[C@H]5C[C@H](OC)[C@H](O[C@H]6C[C@H](OC)[C@H](O[C@H]7C[C@@H](OC)[C@H](O[C@H]8C[C@@H](OC)[C@H](O[C@@H]9O[C@H](CO)[C@@H](O)[C@H](O)[C@H]9O)[C@@H](C)O8)[C@@H](C)O7)[C@@H](C)O6)[C@@H](C)O5)CC[C@]4(C)[C@H]3CC[C@]12C. The monoisotopic (exact) mass is 1110 g/mol. The van der Waals surface area contributed by atoms with E-state index in [1.165, 1.54) is 14.0 Å². The van der Waals surface area contributed by atoms with Crippen LogP contribution in [0.3, 0.4) is 0 Å². The van der Waals surface area contributed by atoms with Crippen LogP contribution in [-0.4, -0.2) is 209 Å². The van der Waals surface area contributed by atoms with Crippen LogP contribution in [0.15, 0.2) is 0 Å². The molecule has 5 heterocycles. The molecule has 5 aliphatic heterocycles. The lowest BCUT2D eigenvalue weighted by molar-refractivity contribution is -0.359. The maximum atomic E-state index is 14.2. The number of carbonyl (C=O) groups is 2. The Kier molecular flexibility index (Phi) is 19.8. The van der Waals surface area contributed by atoms with Crippen LogP contribution >= 0.6 is 0 Å². The van der Waals surface area contributed by atoms with Gasteiger partial charge in [0.05, 0.1) is 61.5 Å². The molecule has 0 aromatic carbocycles. The van der Waals surface area contributed by atoms with Crippen LogP contribution < -0.4 is 0 Å². The average Bonchev–Trinajstić information content (AvgIpc) is 3.63. The van der Waals surface area contributed by atoms with Gasteiger partial charge in [0, 0.05) is 72.9 Å². The molecule has 21 nitrogen and oxygen atoms in total. The van der Waals surface area contributed by atoms with Gasteiger partial charge in [-0.15, -0.1) is 0 Å². The summed E-state index contributed by atoms with van der Waals surface area (Å²) in [6.45, 7) is 15.3. The summed E-state index contributed by atoms with van der Waals surface area (Å²) in [5.74, 6) is 1.05. The van der Waals surface area contributed by atoms with E-state index < -0.39 is 130 Å². The van der Waals surface area contributed by atoms with Gasteiger partial charge in [0.15, 0.2) is 43.3 Å². The van der Waals surface area contributed by atoms with Crippen molar-refractivity contribution in [2.75, 3.05) is 35.0 Å². The summed E-state index contributed by atoms with van der Waals surface area (Å²) in [6, 6.07) is 0. The Balaban J connectivity index is 0.741. The van der Waals surface area contributed by atoms with Crippen molar-refractivity contribution >= 4 is 11.8 Å². The van der Waals surface area contributed by atoms with E-state index >= 15 is 0 Å². The van der Waals surface area contributed by atoms with Gasteiger partial charge in [-0.1, -0.05) is 20.8 Å². The van der Waals surface area contributed by atoms with Crippen molar-refractivity contribution in [3.63, 3.8) is 0 Å². The molecule has 0 aromatic rings. The van der Waals surface area contributed by atoms with Gasteiger partial charge in [0.25, 0.3) is 0 Å². The second-order valence-electron chi connectivity index (χ2n) is 24.8. The van der Waals surface area contributed by atoms with Crippen LogP contribution in [0.1, 0.15) is 132 Å².